The minimum atomic E-state index is -3.56. The van der Waals surface area contributed by atoms with Gasteiger partial charge in [-0.05, 0) is 59.9 Å². The number of hydroxylamine groups is 1. The number of nitriles is 1. The first-order valence-corrected chi connectivity index (χ1v) is 16.0. The molecule has 0 bridgehead atoms. The van der Waals surface area contributed by atoms with Crippen molar-refractivity contribution in [2.75, 3.05) is 6.26 Å². The van der Waals surface area contributed by atoms with E-state index >= 15 is 0 Å². The molecular formula is C31H31ClN4O5S. The summed E-state index contributed by atoms with van der Waals surface area (Å²) in [5.74, 6) is -1.60. The predicted octanol–water partition coefficient (Wildman–Crippen LogP) is 4.60. The normalized spacial score (nSPS) is 22.2. The van der Waals surface area contributed by atoms with Crippen molar-refractivity contribution in [2.45, 2.75) is 56.3 Å². The first-order valence-electron chi connectivity index (χ1n) is 13.7. The van der Waals surface area contributed by atoms with Crippen LogP contribution in [0.15, 0.2) is 72.8 Å². The molecule has 0 spiro atoms. The van der Waals surface area contributed by atoms with E-state index in [1.165, 1.54) is 0 Å². The van der Waals surface area contributed by atoms with Crippen molar-refractivity contribution in [3.05, 3.63) is 106 Å². The molecule has 1 aliphatic carbocycles. The molecule has 2 amide bonds. The number of nitrogens with one attached hydrogen (secondary N) is 2. The molecule has 1 saturated carbocycles. The van der Waals surface area contributed by atoms with E-state index in [4.69, 9.17) is 16.4 Å². The fourth-order valence-corrected chi connectivity index (χ4v) is 7.01. The lowest BCUT2D eigenvalue weighted by Gasteiger charge is -2.49. The molecule has 2 aliphatic rings. The molecule has 42 heavy (non-hydrogen) atoms. The molecule has 3 aromatic rings. The number of fused-ring (bicyclic) bond motifs is 1. The lowest BCUT2D eigenvalue weighted by atomic mass is 9.76. The Kier molecular flexibility index (Phi) is 8.94. The van der Waals surface area contributed by atoms with Crippen LogP contribution in [0.4, 0.5) is 0 Å². The molecule has 3 aromatic carbocycles. The first-order chi connectivity index (χ1) is 20.2. The first kappa shape index (κ1) is 29.7. The summed E-state index contributed by atoms with van der Waals surface area (Å²) in [6.45, 7) is 0.0346. The summed E-state index contributed by atoms with van der Waals surface area (Å²) in [6, 6.07) is 21.2. The number of benzene rings is 3. The van der Waals surface area contributed by atoms with Crippen molar-refractivity contribution in [3.8, 4) is 6.07 Å². The number of amides is 2. The largest absolute Gasteiger partial charge is 0.326 e. The second kappa shape index (κ2) is 12.6. The van der Waals surface area contributed by atoms with Crippen LogP contribution in [0.3, 0.4) is 0 Å². The predicted molar refractivity (Wildman–Crippen MR) is 158 cm³/mol. The van der Waals surface area contributed by atoms with Gasteiger partial charge in [0.05, 0.1) is 36.5 Å². The lowest BCUT2D eigenvalue weighted by molar-refractivity contribution is -0.138. The molecule has 1 aliphatic heterocycles. The van der Waals surface area contributed by atoms with Gasteiger partial charge >= 0.3 is 0 Å². The number of hydrogen-bond donors (Lipinski definition) is 2. The zero-order valence-corrected chi connectivity index (χ0v) is 24.6. The summed E-state index contributed by atoms with van der Waals surface area (Å²) in [5.41, 5.74) is 5.39. The van der Waals surface area contributed by atoms with Crippen LogP contribution in [0.5, 0.6) is 0 Å². The maximum absolute atomic E-state index is 14.2. The monoisotopic (exact) mass is 606 g/mol. The number of carbonyl (C=O) groups excluding carboxylic acids is 2. The van der Waals surface area contributed by atoms with E-state index in [2.05, 4.69) is 16.3 Å². The Balaban J connectivity index is 1.55. The standard InChI is InChI=1S/C31H31ClN4O5S/c1-42(39,40)35-26-11-4-5-12-27(26)36-29(22-13-15-23(32)16-14-22)28(24-9-2-3-10-25(24)31(36)38)30(37)34-41-19-21-8-6-7-20(17-21)18-33/h2-3,6-10,13-17,26-29,35H,4-5,11-12,19H2,1H3,(H,34,37)/t26-,27-,28+,29-/m0/s1. The third kappa shape index (κ3) is 6.50. The third-order valence-corrected chi connectivity index (χ3v) is 8.77. The number of rotatable bonds is 8. The molecule has 4 atom stereocenters. The van der Waals surface area contributed by atoms with Crippen molar-refractivity contribution < 1.29 is 22.8 Å². The lowest BCUT2D eigenvalue weighted by Crippen LogP contribution is -2.59. The molecule has 0 aromatic heterocycles. The van der Waals surface area contributed by atoms with Crippen LogP contribution in [0.25, 0.3) is 0 Å². The fourth-order valence-electron chi connectivity index (χ4n) is 6.05. The highest BCUT2D eigenvalue weighted by molar-refractivity contribution is 7.88. The Morgan fingerprint density at radius 2 is 1.81 bits per heavy atom. The molecule has 0 radical (unpaired) electrons. The summed E-state index contributed by atoms with van der Waals surface area (Å²) in [6.07, 6.45) is 3.89. The second-order valence-corrected chi connectivity index (χ2v) is 12.9. The Morgan fingerprint density at radius 1 is 1.07 bits per heavy atom. The molecule has 2 N–H and O–H groups in total. The van der Waals surface area contributed by atoms with E-state index in [-0.39, 0.29) is 12.5 Å². The zero-order chi connectivity index (χ0) is 29.9. The Bertz CT molecular complexity index is 1620. The van der Waals surface area contributed by atoms with E-state index in [0.717, 1.165) is 19.1 Å². The number of sulfonamides is 1. The molecule has 9 nitrogen and oxygen atoms in total. The maximum Gasteiger partial charge on any atom is 0.255 e. The number of nitrogens with zero attached hydrogens (tertiary/aromatic N) is 2. The molecule has 1 heterocycles. The summed E-state index contributed by atoms with van der Waals surface area (Å²) in [5, 5.41) is 9.69. The molecule has 218 valence electrons. The number of halogens is 1. The van der Waals surface area contributed by atoms with Crippen LogP contribution in [-0.4, -0.2) is 43.5 Å². The molecule has 5 rings (SSSR count). The van der Waals surface area contributed by atoms with Gasteiger partial charge in [0, 0.05) is 22.7 Å². The fraction of sp³-hybridized carbons (Fsp3) is 0.323. The van der Waals surface area contributed by atoms with Gasteiger partial charge in [-0.25, -0.2) is 18.6 Å². The Hall–Kier alpha value is -3.75. The van der Waals surface area contributed by atoms with E-state index in [0.29, 0.717) is 45.7 Å². The summed E-state index contributed by atoms with van der Waals surface area (Å²) in [4.78, 5) is 35.6. The summed E-state index contributed by atoms with van der Waals surface area (Å²) >= 11 is 6.21. The third-order valence-electron chi connectivity index (χ3n) is 7.79. The molecule has 11 heteroatoms. The Morgan fingerprint density at radius 3 is 2.55 bits per heavy atom. The van der Waals surface area contributed by atoms with Crippen LogP contribution >= 0.6 is 11.6 Å². The van der Waals surface area contributed by atoms with Gasteiger partial charge in [-0.3, -0.25) is 14.4 Å². The number of carbonyl (C=O) groups is 2. The molecule has 0 saturated heterocycles. The zero-order valence-electron chi connectivity index (χ0n) is 23.0. The second-order valence-electron chi connectivity index (χ2n) is 10.7. The molecular weight excluding hydrogens is 576 g/mol. The highest BCUT2D eigenvalue weighted by atomic mass is 35.5. The van der Waals surface area contributed by atoms with E-state index in [1.54, 1.807) is 77.7 Å². The van der Waals surface area contributed by atoms with E-state index in [1.807, 2.05) is 0 Å². The smallest absolute Gasteiger partial charge is 0.255 e. The summed E-state index contributed by atoms with van der Waals surface area (Å²) in [7, 11) is -3.56. The quantitative estimate of drug-likeness (QED) is 0.361. The van der Waals surface area contributed by atoms with E-state index < -0.39 is 40.0 Å². The average molecular weight is 607 g/mol. The van der Waals surface area contributed by atoms with Crippen molar-refractivity contribution >= 4 is 33.4 Å². The van der Waals surface area contributed by atoms with Crippen molar-refractivity contribution in [2.24, 2.45) is 0 Å². The molecule has 0 unspecified atom stereocenters. The van der Waals surface area contributed by atoms with Crippen molar-refractivity contribution in [1.29, 1.82) is 5.26 Å². The van der Waals surface area contributed by atoms with E-state index in [9.17, 15) is 23.3 Å². The van der Waals surface area contributed by atoms with Gasteiger partial charge in [0.15, 0.2) is 0 Å². The van der Waals surface area contributed by atoms with Crippen LogP contribution in [0.2, 0.25) is 5.02 Å². The minimum absolute atomic E-state index is 0.0346. The minimum Gasteiger partial charge on any atom is -0.326 e. The highest BCUT2D eigenvalue weighted by Gasteiger charge is 2.49. The van der Waals surface area contributed by atoms with Gasteiger partial charge in [0.25, 0.3) is 11.8 Å². The van der Waals surface area contributed by atoms with Gasteiger partial charge in [-0.2, -0.15) is 5.26 Å². The Labute approximate surface area is 250 Å². The van der Waals surface area contributed by atoms with Crippen LogP contribution in [-0.2, 0) is 26.3 Å². The van der Waals surface area contributed by atoms with Gasteiger partial charge in [-0.15, -0.1) is 0 Å². The van der Waals surface area contributed by atoms with Gasteiger partial charge in [0.1, 0.15) is 0 Å². The molecule has 1 fully saturated rings. The van der Waals surface area contributed by atoms with Gasteiger partial charge in [0.2, 0.25) is 10.0 Å². The van der Waals surface area contributed by atoms with Gasteiger partial charge in [-0.1, -0.05) is 66.9 Å². The SMILES string of the molecule is CS(=O)(=O)N[C@H]1CCCC[C@@H]1N1C(=O)c2ccccc2[C@@H](C(=O)NOCc2cccc(C#N)c2)[C@@H]1c1ccc(Cl)cc1. The van der Waals surface area contributed by atoms with Crippen LogP contribution < -0.4 is 10.2 Å². The highest BCUT2D eigenvalue weighted by Crippen LogP contribution is 2.46. The van der Waals surface area contributed by atoms with Crippen LogP contribution in [0.1, 0.15) is 70.3 Å². The van der Waals surface area contributed by atoms with Crippen LogP contribution in [0, 0.1) is 11.3 Å². The number of hydrogen-bond acceptors (Lipinski definition) is 6. The maximum atomic E-state index is 14.2. The average Bonchev–Trinajstić information content (AvgIpc) is 2.97. The summed E-state index contributed by atoms with van der Waals surface area (Å²) < 4.78 is 27.4. The van der Waals surface area contributed by atoms with Crippen molar-refractivity contribution in [3.63, 3.8) is 0 Å². The topological polar surface area (TPSA) is 129 Å². The van der Waals surface area contributed by atoms with Gasteiger partial charge < -0.3 is 4.90 Å². The van der Waals surface area contributed by atoms with Crippen molar-refractivity contribution in [1.82, 2.24) is 15.1 Å².